The van der Waals surface area contributed by atoms with Crippen molar-refractivity contribution < 1.29 is 19.1 Å². The van der Waals surface area contributed by atoms with Crippen molar-refractivity contribution in [3.63, 3.8) is 0 Å². The first-order chi connectivity index (χ1) is 18.3. The van der Waals surface area contributed by atoms with Gasteiger partial charge < -0.3 is 19.7 Å². The minimum atomic E-state index is -0.723. The highest BCUT2D eigenvalue weighted by Crippen LogP contribution is 2.31. The van der Waals surface area contributed by atoms with Crippen molar-refractivity contribution in [2.45, 2.75) is 51.7 Å². The number of fused-ring (bicyclic) bond motifs is 1. The largest absolute Gasteiger partial charge is 0.486 e. The molecule has 6 nitrogen and oxygen atoms in total. The highest BCUT2D eigenvalue weighted by molar-refractivity contribution is 6.35. The Morgan fingerprint density at radius 2 is 1.66 bits per heavy atom. The number of carbonyl (C=O) groups is 2. The minimum Gasteiger partial charge on any atom is -0.486 e. The lowest BCUT2D eigenvalue weighted by Crippen LogP contribution is -2.51. The molecule has 2 amide bonds. The molecule has 1 unspecified atom stereocenters. The van der Waals surface area contributed by atoms with Gasteiger partial charge >= 0.3 is 0 Å². The molecule has 4 rings (SSSR count). The summed E-state index contributed by atoms with van der Waals surface area (Å²) >= 11 is 12.6. The third kappa shape index (κ3) is 7.42. The number of benzene rings is 3. The third-order valence-corrected chi connectivity index (χ3v) is 6.88. The van der Waals surface area contributed by atoms with Gasteiger partial charge in [0.1, 0.15) is 19.3 Å². The Kier molecular flexibility index (Phi) is 9.53. The number of rotatable bonds is 10. The summed E-state index contributed by atoms with van der Waals surface area (Å²) < 4.78 is 11.3. The van der Waals surface area contributed by atoms with E-state index in [-0.39, 0.29) is 30.8 Å². The number of carbonyl (C=O) groups excluding carboxylic acids is 2. The second kappa shape index (κ2) is 13.0. The summed E-state index contributed by atoms with van der Waals surface area (Å²) in [6, 6.07) is 19.8. The van der Waals surface area contributed by atoms with E-state index in [1.165, 1.54) is 0 Å². The van der Waals surface area contributed by atoms with Crippen LogP contribution in [0.15, 0.2) is 66.7 Å². The molecule has 8 heteroatoms. The monoisotopic (exact) mass is 554 g/mol. The summed E-state index contributed by atoms with van der Waals surface area (Å²) in [5, 5.41) is 3.96. The molecule has 1 heterocycles. The average Bonchev–Trinajstić information content (AvgIpc) is 2.90. The predicted molar refractivity (Wildman–Crippen MR) is 150 cm³/mol. The van der Waals surface area contributed by atoms with Crippen molar-refractivity contribution >= 4 is 35.0 Å². The standard InChI is InChI=1S/C30H32Cl2N2O4/c1-20(2)33-30(36)26(16-21-6-4-3-5-7-21)34(19-23-10-11-24(31)18-25(23)32)29(35)13-9-22-8-12-27-28(17-22)38-15-14-37-27/h3-8,10-12,17-18,20,26H,9,13-16,19H2,1-2H3,(H,33,36). The van der Waals surface area contributed by atoms with E-state index in [4.69, 9.17) is 32.7 Å². The molecule has 1 atom stereocenters. The highest BCUT2D eigenvalue weighted by Gasteiger charge is 2.31. The van der Waals surface area contributed by atoms with Crippen LogP contribution in [0.2, 0.25) is 10.0 Å². The smallest absolute Gasteiger partial charge is 0.243 e. The van der Waals surface area contributed by atoms with E-state index in [2.05, 4.69) is 5.32 Å². The quantitative estimate of drug-likeness (QED) is 0.340. The Labute approximate surface area is 233 Å². The summed E-state index contributed by atoms with van der Waals surface area (Å²) in [5.74, 6) is 1.04. The van der Waals surface area contributed by atoms with Gasteiger partial charge in [0.2, 0.25) is 11.8 Å². The number of amides is 2. The topological polar surface area (TPSA) is 67.9 Å². The molecule has 1 N–H and O–H groups in total. The molecule has 0 saturated carbocycles. The maximum Gasteiger partial charge on any atom is 0.243 e. The summed E-state index contributed by atoms with van der Waals surface area (Å²) in [4.78, 5) is 28.9. The van der Waals surface area contributed by atoms with E-state index < -0.39 is 6.04 Å². The van der Waals surface area contributed by atoms with E-state index >= 15 is 0 Å². The second-order valence-electron chi connectivity index (χ2n) is 9.60. The molecule has 0 saturated heterocycles. The maximum atomic E-state index is 13.8. The van der Waals surface area contributed by atoms with E-state index in [0.29, 0.717) is 47.6 Å². The number of aryl methyl sites for hydroxylation is 1. The molecule has 3 aromatic carbocycles. The molecular formula is C30H32Cl2N2O4. The van der Waals surface area contributed by atoms with E-state index in [0.717, 1.165) is 16.7 Å². The minimum absolute atomic E-state index is 0.0745. The SMILES string of the molecule is CC(C)NC(=O)C(Cc1ccccc1)N(Cc1ccc(Cl)cc1Cl)C(=O)CCc1ccc2c(c1)OCCO2. The molecule has 0 bridgehead atoms. The van der Waals surface area contributed by atoms with Crippen LogP contribution in [0.4, 0.5) is 0 Å². The molecular weight excluding hydrogens is 523 g/mol. The van der Waals surface area contributed by atoms with Gasteiger partial charge in [0.15, 0.2) is 11.5 Å². The average molecular weight is 556 g/mol. The summed E-state index contributed by atoms with van der Waals surface area (Å²) in [6.07, 6.45) is 1.08. The summed E-state index contributed by atoms with van der Waals surface area (Å²) in [5.41, 5.74) is 2.64. The number of hydrogen-bond donors (Lipinski definition) is 1. The van der Waals surface area contributed by atoms with Gasteiger partial charge in [0.05, 0.1) is 0 Å². The van der Waals surface area contributed by atoms with Crippen molar-refractivity contribution in [3.05, 3.63) is 93.5 Å². The van der Waals surface area contributed by atoms with Crippen LogP contribution in [-0.4, -0.2) is 42.0 Å². The fraction of sp³-hybridized carbons (Fsp3) is 0.333. The van der Waals surface area contributed by atoms with Crippen LogP contribution >= 0.6 is 23.2 Å². The first kappa shape index (κ1) is 27.8. The first-order valence-corrected chi connectivity index (χ1v) is 13.5. The third-order valence-electron chi connectivity index (χ3n) is 6.29. The van der Waals surface area contributed by atoms with Crippen molar-refractivity contribution in [1.82, 2.24) is 10.2 Å². The Morgan fingerprint density at radius 3 is 2.37 bits per heavy atom. The fourth-order valence-electron chi connectivity index (χ4n) is 4.41. The summed E-state index contributed by atoms with van der Waals surface area (Å²) in [6.45, 7) is 5.01. The zero-order valence-corrected chi connectivity index (χ0v) is 23.1. The molecule has 0 fully saturated rings. The Balaban J connectivity index is 1.61. The fourth-order valence-corrected chi connectivity index (χ4v) is 4.87. The molecule has 0 aliphatic carbocycles. The molecule has 1 aliphatic rings. The molecule has 1 aliphatic heterocycles. The van der Waals surface area contributed by atoms with Crippen molar-refractivity contribution in [2.75, 3.05) is 13.2 Å². The Hall–Kier alpha value is -3.22. The van der Waals surface area contributed by atoms with E-state index in [1.807, 2.05) is 62.4 Å². The van der Waals surface area contributed by atoms with Crippen LogP contribution in [0, 0.1) is 0 Å². The van der Waals surface area contributed by atoms with Crippen molar-refractivity contribution in [1.29, 1.82) is 0 Å². The van der Waals surface area contributed by atoms with Crippen LogP contribution in [0.5, 0.6) is 11.5 Å². The van der Waals surface area contributed by atoms with Gasteiger partial charge in [-0.1, -0.05) is 65.7 Å². The molecule has 38 heavy (non-hydrogen) atoms. The lowest BCUT2D eigenvalue weighted by molar-refractivity contribution is -0.141. The highest BCUT2D eigenvalue weighted by atomic mass is 35.5. The van der Waals surface area contributed by atoms with Crippen LogP contribution in [0.1, 0.15) is 37.0 Å². The van der Waals surface area contributed by atoms with Gasteiger partial charge in [-0.2, -0.15) is 0 Å². The number of nitrogens with one attached hydrogen (secondary N) is 1. The zero-order valence-electron chi connectivity index (χ0n) is 21.6. The Bertz CT molecular complexity index is 1270. The molecule has 0 radical (unpaired) electrons. The number of halogens is 2. The van der Waals surface area contributed by atoms with E-state index in [1.54, 1.807) is 23.1 Å². The van der Waals surface area contributed by atoms with Gasteiger partial charge in [-0.25, -0.2) is 0 Å². The van der Waals surface area contributed by atoms with Crippen LogP contribution in [0.25, 0.3) is 0 Å². The van der Waals surface area contributed by atoms with Crippen molar-refractivity contribution in [2.24, 2.45) is 0 Å². The number of hydrogen-bond acceptors (Lipinski definition) is 4. The Morgan fingerprint density at radius 1 is 0.921 bits per heavy atom. The van der Waals surface area contributed by atoms with Gasteiger partial charge in [-0.05, 0) is 61.2 Å². The van der Waals surface area contributed by atoms with Crippen LogP contribution in [-0.2, 0) is 29.0 Å². The maximum absolute atomic E-state index is 13.8. The molecule has 0 spiro atoms. The predicted octanol–water partition coefficient (Wildman–Crippen LogP) is 5.86. The van der Waals surface area contributed by atoms with Crippen LogP contribution in [0.3, 0.4) is 0 Å². The molecule has 3 aromatic rings. The van der Waals surface area contributed by atoms with Gasteiger partial charge in [0.25, 0.3) is 0 Å². The molecule has 200 valence electrons. The van der Waals surface area contributed by atoms with Crippen molar-refractivity contribution in [3.8, 4) is 11.5 Å². The van der Waals surface area contributed by atoms with Gasteiger partial charge in [-0.3, -0.25) is 9.59 Å². The lowest BCUT2D eigenvalue weighted by atomic mass is 10.0. The summed E-state index contributed by atoms with van der Waals surface area (Å²) in [7, 11) is 0. The van der Waals surface area contributed by atoms with Crippen LogP contribution < -0.4 is 14.8 Å². The first-order valence-electron chi connectivity index (χ1n) is 12.8. The molecule has 0 aromatic heterocycles. The number of ether oxygens (including phenoxy) is 2. The zero-order chi connectivity index (χ0) is 27.1. The van der Waals surface area contributed by atoms with E-state index in [9.17, 15) is 9.59 Å². The van der Waals surface area contributed by atoms with Gasteiger partial charge in [-0.15, -0.1) is 0 Å². The van der Waals surface area contributed by atoms with Gasteiger partial charge in [0, 0.05) is 35.5 Å². The second-order valence-corrected chi connectivity index (χ2v) is 10.4. The lowest BCUT2D eigenvalue weighted by Gasteiger charge is -2.32. The number of nitrogens with zero attached hydrogens (tertiary/aromatic N) is 1. The normalized spacial score (nSPS) is 13.2.